The fraction of sp³-hybridized carbons (Fsp3) is 0.118. The molecule has 0 aliphatic carbocycles. The Balaban J connectivity index is 2.04. The fourth-order valence-electron chi connectivity index (χ4n) is 3.15. The Kier molecular flexibility index (Phi) is 3.98. The molecule has 3 aromatic rings. The molecule has 2 aromatic heterocycles. The van der Waals surface area contributed by atoms with E-state index in [4.69, 9.17) is 10.5 Å². The topological polar surface area (TPSA) is 160 Å². The lowest BCUT2D eigenvalue weighted by molar-refractivity contribution is -0.384. The van der Waals surface area contributed by atoms with Crippen molar-refractivity contribution in [2.75, 3.05) is 12.4 Å². The number of H-pyrrole nitrogens is 1. The Hall–Kier alpha value is -3.91. The molecule has 0 spiro atoms. The van der Waals surface area contributed by atoms with E-state index in [0.717, 1.165) is 0 Å². The largest absolute Gasteiger partial charge is 0.438 e. The van der Waals surface area contributed by atoms with Crippen LogP contribution in [0.4, 0.5) is 10.8 Å². The van der Waals surface area contributed by atoms with Crippen LogP contribution in [0.2, 0.25) is 0 Å². The van der Waals surface area contributed by atoms with Crippen LogP contribution in [0.1, 0.15) is 17.0 Å². The lowest BCUT2D eigenvalue weighted by Gasteiger charge is -2.25. The third kappa shape index (κ3) is 2.55. The molecule has 0 amide bonds. The maximum Gasteiger partial charge on any atom is 0.269 e. The van der Waals surface area contributed by atoms with Crippen molar-refractivity contribution in [3.8, 4) is 11.8 Å². The van der Waals surface area contributed by atoms with Crippen LogP contribution in [0.15, 0.2) is 40.5 Å². The molecule has 0 radical (unpaired) electrons. The maximum absolute atomic E-state index is 12.8. The number of benzene rings is 1. The molecule has 28 heavy (non-hydrogen) atoms. The molecule has 11 heteroatoms. The number of nitrogens with zero attached hydrogens (tertiary/aromatic N) is 3. The third-order valence-corrected chi connectivity index (χ3v) is 5.43. The summed E-state index contributed by atoms with van der Waals surface area (Å²) in [5.74, 6) is -0.856. The van der Waals surface area contributed by atoms with Crippen LogP contribution in [-0.4, -0.2) is 21.9 Å². The second-order valence-corrected chi connectivity index (χ2v) is 6.92. The summed E-state index contributed by atoms with van der Waals surface area (Å²) < 4.78 is 6.19. The molecule has 3 heterocycles. The third-order valence-electron chi connectivity index (χ3n) is 4.36. The smallest absolute Gasteiger partial charge is 0.269 e. The molecule has 0 fully saturated rings. The van der Waals surface area contributed by atoms with Gasteiger partial charge in [-0.3, -0.25) is 14.9 Å². The molecule has 0 saturated carbocycles. The molecule has 1 unspecified atom stereocenters. The first-order valence-electron chi connectivity index (χ1n) is 8.01. The van der Waals surface area contributed by atoms with Gasteiger partial charge in [-0.25, -0.2) is 4.98 Å². The standard InChI is InChI=1S/C17H12N6O4S/c1-20-17-22-15-13(28-17)12-11(16(24)21-15)10(9(6-18)14(19)27-12)7-3-2-4-8(5-7)23(25)26/h2-5,10H,19H2,1H3,(H2,20,21,22,24). The second kappa shape index (κ2) is 6.36. The number of non-ortho nitro benzene ring substituents is 1. The molecule has 10 nitrogen and oxygen atoms in total. The number of hydrogen-bond acceptors (Lipinski definition) is 9. The van der Waals surface area contributed by atoms with Crippen LogP contribution in [0, 0.1) is 21.4 Å². The number of aromatic nitrogens is 2. The van der Waals surface area contributed by atoms with Crippen LogP contribution in [0.25, 0.3) is 10.3 Å². The monoisotopic (exact) mass is 396 g/mol. The van der Waals surface area contributed by atoms with E-state index in [1.165, 1.54) is 29.5 Å². The van der Waals surface area contributed by atoms with Gasteiger partial charge in [-0.05, 0) is 5.56 Å². The Morgan fingerprint density at radius 3 is 2.96 bits per heavy atom. The summed E-state index contributed by atoms with van der Waals surface area (Å²) in [6.45, 7) is 0. The van der Waals surface area contributed by atoms with Gasteiger partial charge in [-0.2, -0.15) is 5.26 Å². The highest BCUT2D eigenvalue weighted by molar-refractivity contribution is 7.22. The van der Waals surface area contributed by atoms with Crippen LogP contribution in [0.5, 0.6) is 5.75 Å². The number of aromatic amines is 1. The number of hydrogen-bond donors (Lipinski definition) is 3. The number of anilines is 1. The van der Waals surface area contributed by atoms with Crippen LogP contribution in [0.3, 0.4) is 0 Å². The van der Waals surface area contributed by atoms with E-state index in [1.807, 2.05) is 6.07 Å². The number of nitro groups is 1. The van der Waals surface area contributed by atoms with E-state index in [2.05, 4.69) is 15.3 Å². The average Bonchev–Trinajstić information content (AvgIpc) is 3.10. The van der Waals surface area contributed by atoms with E-state index in [1.54, 1.807) is 13.1 Å². The van der Waals surface area contributed by atoms with E-state index in [-0.39, 0.29) is 28.5 Å². The summed E-state index contributed by atoms with van der Waals surface area (Å²) in [7, 11) is 1.69. The minimum atomic E-state index is -0.901. The molecule has 1 aromatic carbocycles. The number of nitrogens with one attached hydrogen (secondary N) is 2. The Bertz CT molecular complexity index is 1270. The number of nitriles is 1. The number of ether oxygens (including phenoxy) is 1. The zero-order chi connectivity index (χ0) is 20.0. The first-order chi connectivity index (χ1) is 13.4. The van der Waals surface area contributed by atoms with Crippen molar-refractivity contribution >= 4 is 32.5 Å². The van der Waals surface area contributed by atoms with Crippen LogP contribution in [-0.2, 0) is 0 Å². The highest BCUT2D eigenvalue weighted by Crippen LogP contribution is 2.45. The first-order valence-corrected chi connectivity index (χ1v) is 8.82. The summed E-state index contributed by atoms with van der Waals surface area (Å²) in [5.41, 5.74) is 6.18. The molecule has 1 aliphatic heterocycles. The van der Waals surface area contributed by atoms with Gasteiger partial charge in [0.05, 0.1) is 16.4 Å². The molecule has 140 valence electrons. The van der Waals surface area contributed by atoms with Crippen molar-refractivity contribution in [1.29, 1.82) is 5.26 Å². The Morgan fingerprint density at radius 1 is 1.50 bits per heavy atom. The van der Waals surface area contributed by atoms with Gasteiger partial charge in [-0.15, -0.1) is 0 Å². The van der Waals surface area contributed by atoms with Gasteiger partial charge in [0.2, 0.25) is 5.88 Å². The van der Waals surface area contributed by atoms with Crippen molar-refractivity contribution in [1.82, 2.24) is 9.97 Å². The summed E-state index contributed by atoms with van der Waals surface area (Å²) in [6, 6.07) is 7.71. The predicted octanol–water partition coefficient (Wildman–Crippen LogP) is 2.15. The molecular formula is C17H12N6O4S. The van der Waals surface area contributed by atoms with Crippen molar-refractivity contribution in [3.63, 3.8) is 0 Å². The first kappa shape index (κ1) is 17.5. The molecule has 1 atom stereocenters. The molecule has 1 aliphatic rings. The van der Waals surface area contributed by atoms with Crippen molar-refractivity contribution < 1.29 is 9.66 Å². The normalized spacial score (nSPS) is 15.6. The minimum Gasteiger partial charge on any atom is -0.438 e. The van der Waals surface area contributed by atoms with Crippen molar-refractivity contribution in [2.24, 2.45) is 5.73 Å². The number of nitro benzene ring substituents is 1. The molecule has 4 rings (SSSR count). The molecular weight excluding hydrogens is 384 g/mol. The Labute approximate surface area is 161 Å². The number of rotatable bonds is 3. The van der Waals surface area contributed by atoms with Gasteiger partial charge < -0.3 is 20.8 Å². The number of fused-ring (bicyclic) bond motifs is 3. The highest BCUT2D eigenvalue weighted by atomic mass is 32.1. The van der Waals surface area contributed by atoms with Gasteiger partial charge in [-0.1, -0.05) is 23.5 Å². The minimum absolute atomic E-state index is 0.0104. The van der Waals surface area contributed by atoms with Gasteiger partial charge in [0.15, 0.2) is 16.5 Å². The second-order valence-electron chi connectivity index (χ2n) is 5.92. The summed E-state index contributed by atoms with van der Waals surface area (Å²) in [5, 5.41) is 24.2. The van der Waals surface area contributed by atoms with E-state index >= 15 is 0 Å². The summed E-state index contributed by atoms with van der Waals surface area (Å²) >= 11 is 1.25. The van der Waals surface area contributed by atoms with Gasteiger partial charge >= 0.3 is 0 Å². The zero-order valence-corrected chi connectivity index (χ0v) is 15.2. The summed E-state index contributed by atoms with van der Waals surface area (Å²) in [6.07, 6.45) is 0. The molecule has 0 saturated heterocycles. The zero-order valence-electron chi connectivity index (χ0n) is 14.3. The predicted molar refractivity (Wildman–Crippen MR) is 102 cm³/mol. The number of pyridine rings is 1. The quantitative estimate of drug-likeness (QED) is 0.448. The van der Waals surface area contributed by atoms with E-state index in [0.29, 0.717) is 21.0 Å². The average molecular weight is 396 g/mol. The Morgan fingerprint density at radius 2 is 2.29 bits per heavy atom. The molecule has 0 bridgehead atoms. The maximum atomic E-state index is 12.8. The van der Waals surface area contributed by atoms with Crippen molar-refractivity contribution in [3.05, 3.63) is 67.3 Å². The van der Waals surface area contributed by atoms with Gasteiger partial charge in [0.25, 0.3) is 11.2 Å². The number of allylic oxidation sites excluding steroid dienone is 1. The van der Waals surface area contributed by atoms with Gasteiger partial charge in [0.1, 0.15) is 16.3 Å². The number of thiazole rings is 1. The lowest BCUT2D eigenvalue weighted by atomic mass is 9.84. The van der Waals surface area contributed by atoms with E-state index in [9.17, 15) is 20.2 Å². The van der Waals surface area contributed by atoms with E-state index < -0.39 is 16.4 Å². The van der Waals surface area contributed by atoms with Crippen LogP contribution < -0.4 is 21.3 Å². The lowest BCUT2D eigenvalue weighted by Crippen LogP contribution is -2.27. The van der Waals surface area contributed by atoms with Crippen molar-refractivity contribution in [2.45, 2.75) is 5.92 Å². The summed E-state index contributed by atoms with van der Waals surface area (Å²) in [4.78, 5) is 30.4. The SMILES string of the molecule is CNc1nc2[nH]c(=O)c3c(c2s1)OC(N)=C(C#N)C3c1cccc([N+](=O)[O-])c1. The number of nitrogens with two attached hydrogens (primary N) is 1. The highest BCUT2D eigenvalue weighted by Gasteiger charge is 2.36. The van der Waals surface area contributed by atoms with Crippen LogP contribution >= 0.6 is 11.3 Å². The molecule has 4 N–H and O–H groups in total. The fourth-order valence-corrected chi connectivity index (χ4v) is 4.02. The van der Waals surface area contributed by atoms with Gasteiger partial charge in [0, 0.05) is 19.2 Å².